The van der Waals surface area contributed by atoms with E-state index >= 15 is 0 Å². The van der Waals surface area contributed by atoms with Crippen LogP contribution >= 0.6 is 58.0 Å². The van der Waals surface area contributed by atoms with Crippen LogP contribution in [0.1, 0.15) is 105 Å². The largest absolute Gasteiger partial charge is 0.508 e. The van der Waals surface area contributed by atoms with Gasteiger partial charge in [0.2, 0.25) is 0 Å². The first-order chi connectivity index (χ1) is 32.7. The van der Waals surface area contributed by atoms with Crippen molar-refractivity contribution in [1.29, 1.82) is 0 Å². The van der Waals surface area contributed by atoms with Gasteiger partial charge in [-0.1, -0.05) is 227 Å². The molecule has 5 nitrogen and oxygen atoms in total. The summed E-state index contributed by atoms with van der Waals surface area (Å²) < 4.78 is 0. The van der Waals surface area contributed by atoms with E-state index < -0.39 is 11.0 Å². The van der Waals surface area contributed by atoms with Crippen molar-refractivity contribution in [3.05, 3.63) is 211 Å². The number of rotatable bonds is 15. The highest BCUT2D eigenvalue weighted by atomic mass is 35.5. The lowest BCUT2D eigenvalue weighted by molar-refractivity contribution is 0.188. The Bertz CT molecular complexity index is 2390. The molecular formula is C58H67Cl5O5. The zero-order chi connectivity index (χ0) is 49.7. The van der Waals surface area contributed by atoms with Gasteiger partial charge in [0.25, 0.3) is 0 Å². The summed E-state index contributed by atoms with van der Waals surface area (Å²) in [6, 6.07) is 41.0. The van der Waals surface area contributed by atoms with Crippen LogP contribution in [0.4, 0.5) is 0 Å². The second-order valence-corrected chi connectivity index (χ2v) is 18.8. The van der Waals surface area contributed by atoms with Crippen molar-refractivity contribution in [2.75, 3.05) is 0 Å². The van der Waals surface area contributed by atoms with Gasteiger partial charge in [-0.3, -0.25) is 0 Å². The summed E-state index contributed by atoms with van der Waals surface area (Å²) in [4.78, 5) is -0.698. The third-order valence-corrected chi connectivity index (χ3v) is 13.2. The Morgan fingerprint density at radius 3 is 1.47 bits per heavy atom. The van der Waals surface area contributed by atoms with Crippen LogP contribution in [0, 0.1) is 6.92 Å². The van der Waals surface area contributed by atoms with Gasteiger partial charge in [-0.05, 0) is 103 Å². The first-order valence-corrected chi connectivity index (χ1v) is 25.2. The number of phenolic OH excluding ortho intramolecular Hbond substituents is 4. The fourth-order valence-electron chi connectivity index (χ4n) is 7.08. The van der Waals surface area contributed by atoms with E-state index in [0.29, 0.717) is 38.7 Å². The monoisotopic (exact) mass is 1020 g/mol. The van der Waals surface area contributed by atoms with E-state index in [1.165, 1.54) is 50.5 Å². The van der Waals surface area contributed by atoms with E-state index in [2.05, 4.69) is 13.8 Å². The fourth-order valence-corrected chi connectivity index (χ4v) is 8.14. The summed E-state index contributed by atoms with van der Waals surface area (Å²) in [7, 11) is 0. The van der Waals surface area contributed by atoms with Crippen LogP contribution in [0.3, 0.4) is 0 Å². The Morgan fingerprint density at radius 1 is 0.485 bits per heavy atom. The van der Waals surface area contributed by atoms with E-state index in [1.807, 2.05) is 110 Å². The summed E-state index contributed by atoms with van der Waals surface area (Å²) in [6.07, 6.45) is 21.1. The Hall–Kier alpha value is -4.59. The van der Waals surface area contributed by atoms with E-state index in [0.717, 1.165) is 53.5 Å². The van der Waals surface area contributed by atoms with Gasteiger partial charge in [-0.2, -0.15) is 0 Å². The Labute approximate surface area is 430 Å². The van der Waals surface area contributed by atoms with Crippen LogP contribution in [0.25, 0.3) is 0 Å². The summed E-state index contributed by atoms with van der Waals surface area (Å²) >= 11 is 29.8. The number of para-hydroxylation sites is 1. The number of halogens is 5. The smallest absolute Gasteiger partial charge is 0.134 e. The van der Waals surface area contributed by atoms with E-state index in [9.17, 15) is 20.4 Å². The third kappa shape index (κ3) is 21.0. The van der Waals surface area contributed by atoms with Crippen molar-refractivity contribution >= 4 is 58.0 Å². The minimum atomic E-state index is -0.698. The number of aliphatic hydroxyl groups excluding tert-OH is 1. The normalized spacial score (nSPS) is 14.5. The number of unbranched alkanes of at least 4 members (excludes halogenated alkanes) is 7. The molecule has 5 N–H and O–H groups in total. The number of alkyl halides is 1. The second kappa shape index (κ2) is 32.3. The molecule has 0 spiro atoms. The molecule has 2 unspecified atom stereocenters. The third-order valence-electron chi connectivity index (χ3n) is 11.1. The highest BCUT2D eigenvalue weighted by molar-refractivity contribution is 6.33. The molecule has 6 aromatic rings. The predicted molar refractivity (Wildman–Crippen MR) is 290 cm³/mol. The summed E-state index contributed by atoms with van der Waals surface area (Å²) in [5, 5.41) is 49.3. The average Bonchev–Trinajstić information content (AvgIpc) is 3.34. The Balaban J connectivity index is 0.000000228. The molecule has 0 radical (unpaired) electrons. The van der Waals surface area contributed by atoms with E-state index in [-0.39, 0.29) is 17.2 Å². The number of phenols is 4. The topological polar surface area (TPSA) is 101 Å². The molecule has 7 rings (SSSR count). The molecule has 10 heteroatoms. The van der Waals surface area contributed by atoms with Crippen LogP contribution in [0.2, 0.25) is 20.1 Å². The molecule has 6 aromatic carbocycles. The van der Waals surface area contributed by atoms with Crippen molar-refractivity contribution in [2.24, 2.45) is 0 Å². The molecule has 0 bridgehead atoms. The fraction of sp³-hybridized carbons (Fsp3) is 0.310. The Morgan fingerprint density at radius 2 is 0.971 bits per heavy atom. The van der Waals surface area contributed by atoms with Crippen LogP contribution in [0.5, 0.6) is 23.0 Å². The minimum Gasteiger partial charge on any atom is -0.508 e. The zero-order valence-electron chi connectivity index (χ0n) is 39.4. The molecule has 68 heavy (non-hydrogen) atoms. The van der Waals surface area contributed by atoms with Crippen LogP contribution < -0.4 is 0 Å². The molecule has 1 aliphatic carbocycles. The molecular weight excluding hydrogens is 954 g/mol. The van der Waals surface area contributed by atoms with Crippen LogP contribution in [-0.4, -0.2) is 36.5 Å². The first-order valence-electron chi connectivity index (χ1n) is 23.3. The molecule has 1 aliphatic rings. The molecule has 0 saturated carbocycles. The molecule has 2 atom stereocenters. The predicted octanol–water partition coefficient (Wildman–Crippen LogP) is 17.4. The van der Waals surface area contributed by atoms with Gasteiger partial charge in [-0.15, -0.1) is 11.6 Å². The molecule has 0 saturated heterocycles. The maximum Gasteiger partial charge on any atom is 0.134 e. The number of benzene rings is 6. The van der Waals surface area contributed by atoms with Gasteiger partial charge in [0.1, 0.15) is 23.0 Å². The average molecular weight is 1020 g/mol. The van der Waals surface area contributed by atoms with Gasteiger partial charge >= 0.3 is 0 Å². The SMILES string of the molecule is CCCCCCCc1cccc(O)c1Cl.CCCCCCc1cccc(O)c1Cl.Cc1c(Cl)ccc(O)c1Cc1ccccc1.OC1C=CC=CC1(Cl)Cc1ccccc1.Oc1ccccc1Cl. The van der Waals surface area contributed by atoms with Crippen molar-refractivity contribution in [2.45, 2.75) is 115 Å². The number of allylic oxidation sites excluding steroid dienone is 2. The molecule has 0 aliphatic heterocycles. The van der Waals surface area contributed by atoms with Crippen molar-refractivity contribution in [3.8, 4) is 23.0 Å². The van der Waals surface area contributed by atoms with Crippen molar-refractivity contribution < 1.29 is 25.5 Å². The summed E-state index contributed by atoms with van der Waals surface area (Å²) in [6.45, 7) is 6.34. The number of aliphatic hydroxyl groups is 1. The maximum absolute atomic E-state index is 9.82. The van der Waals surface area contributed by atoms with Crippen molar-refractivity contribution in [3.63, 3.8) is 0 Å². The highest BCUT2D eigenvalue weighted by Gasteiger charge is 2.33. The standard InChI is InChI=1S/C14H13ClO.C13H13ClO.C13H19ClO.C12H17ClO.C6H5ClO/c1-10-12(14(16)8-7-13(10)15)9-11-5-3-2-4-6-11;14-13(9-5-4-8-12(13)15)10-11-6-2-1-3-7-11;1-2-3-4-5-6-8-11-9-7-10-12(15)13(11)14;1-2-3-4-5-7-10-8-6-9-11(14)12(10)13;7-5-3-1-2-4-6(5)8/h2-8,16H,9H2,1H3;1-9,12,15H,10H2;7,9-10,15H,2-6,8H2,1H3;6,8-9,14H,2-5,7H2,1H3;1-4,8H. The van der Waals surface area contributed by atoms with Gasteiger partial charge in [0.15, 0.2) is 0 Å². The van der Waals surface area contributed by atoms with Crippen LogP contribution in [0.15, 0.2) is 158 Å². The van der Waals surface area contributed by atoms with Gasteiger partial charge < -0.3 is 25.5 Å². The molecule has 364 valence electrons. The molecule has 0 heterocycles. The summed E-state index contributed by atoms with van der Waals surface area (Å²) in [5.74, 6) is 0.835. The van der Waals surface area contributed by atoms with Gasteiger partial charge in [-0.25, -0.2) is 0 Å². The second-order valence-electron chi connectivity index (χ2n) is 16.5. The van der Waals surface area contributed by atoms with Crippen LogP contribution in [-0.2, 0) is 25.7 Å². The summed E-state index contributed by atoms with van der Waals surface area (Å²) in [5.41, 5.74) is 6.27. The molecule has 0 amide bonds. The highest BCUT2D eigenvalue weighted by Crippen LogP contribution is 2.32. The first kappa shape index (κ1) is 57.7. The van der Waals surface area contributed by atoms with Gasteiger partial charge in [0, 0.05) is 17.0 Å². The minimum absolute atomic E-state index is 0.133. The number of hydrogen-bond donors (Lipinski definition) is 5. The van der Waals surface area contributed by atoms with Gasteiger partial charge in [0.05, 0.1) is 26.0 Å². The lowest BCUT2D eigenvalue weighted by Crippen LogP contribution is -2.36. The van der Waals surface area contributed by atoms with Crippen molar-refractivity contribution in [1.82, 2.24) is 0 Å². The zero-order valence-corrected chi connectivity index (χ0v) is 43.2. The quantitative estimate of drug-likeness (QED) is 0.0521. The maximum atomic E-state index is 9.82. The molecule has 0 fully saturated rings. The number of aromatic hydroxyl groups is 4. The lowest BCUT2D eigenvalue weighted by Gasteiger charge is -2.29. The Kier molecular flexibility index (Phi) is 27.4. The van der Waals surface area contributed by atoms with E-state index in [1.54, 1.807) is 54.6 Å². The number of aryl methyl sites for hydroxylation is 2. The van der Waals surface area contributed by atoms with E-state index in [4.69, 9.17) is 63.1 Å². The number of hydrogen-bond acceptors (Lipinski definition) is 5. The molecule has 0 aromatic heterocycles. The lowest BCUT2D eigenvalue weighted by atomic mass is 9.90.